The maximum Gasteiger partial charge on any atom is 0.325 e. The molecule has 0 saturated carbocycles. The highest BCUT2D eigenvalue weighted by Gasteiger charge is 2.37. The first-order chi connectivity index (χ1) is 14.6. The number of benzene rings is 2. The number of carbonyl (C=O) groups excluding carboxylic acids is 3. The highest BCUT2D eigenvalue weighted by atomic mass is 16.7. The summed E-state index contributed by atoms with van der Waals surface area (Å²) in [6.45, 7) is 9.46. The molecule has 1 atom stereocenters. The molecule has 0 bridgehead atoms. The standard InChI is InChI=1S/C24H28N2O5/c1-6-30-23(29)19(25-31-24(3,4)5)14-16-10-12-17(13-11-16)26-21(27)18-9-7-8-15(2)20(18)22(26)28/h7-13,19,25H,6,14H2,1-5H3/t19-/m0/s1. The smallest absolute Gasteiger partial charge is 0.325 e. The van der Waals surface area contributed by atoms with Crippen LogP contribution in [-0.2, 0) is 20.8 Å². The molecule has 0 spiro atoms. The van der Waals surface area contributed by atoms with E-state index in [1.165, 1.54) is 4.90 Å². The first-order valence-electron chi connectivity index (χ1n) is 10.3. The Morgan fingerprint density at radius 3 is 2.32 bits per heavy atom. The number of hydrogen-bond donors (Lipinski definition) is 1. The van der Waals surface area contributed by atoms with E-state index in [-0.39, 0.29) is 18.4 Å². The molecule has 1 aliphatic rings. The van der Waals surface area contributed by atoms with Crippen LogP contribution in [0, 0.1) is 6.92 Å². The molecule has 164 valence electrons. The van der Waals surface area contributed by atoms with Crippen LogP contribution in [0.5, 0.6) is 0 Å². The van der Waals surface area contributed by atoms with Crippen molar-refractivity contribution in [3.8, 4) is 0 Å². The van der Waals surface area contributed by atoms with E-state index in [1.54, 1.807) is 43.3 Å². The fraction of sp³-hybridized carbons (Fsp3) is 0.375. The van der Waals surface area contributed by atoms with Crippen molar-refractivity contribution in [2.75, 3.05) is 11.5 Å². The van der Waals surface area contributed by atoms with Crippen molar-refractivity contribution in [2.24, 2.45) is 0 Å². The summed E-state index contributed by atoms with van der Waals surface area (Å²) >= 11 is 0. The zero-order chi connectivity index (χ0) is 22.8. The summed E-state index contributed by atoms with van der Waals surface area (Å²) < 4.78 is 5.14. The fourth-order valence-electron chi connectivity index (χ4n) is 3.37. The Bertz CT molecular complexity index is 992. The number of esters is 1. The van der Waals surface area contributed by atoms with E-state index >= 15 is 0 Å². The van der Waals surface area contributed by atoms with Crippen molar-refractivity contribution in [2.45, 2.75) is 52.7 Å². The second kappa shape index (κ2) is 8.99. The number of imide groups is 1. The number of rotatable bonds is 7. The van der Waals surface area contributed by atoms with Crippen LogP contribution in [0.2, 0.25) is 0 Å². The van der Waals surface area contributed by atoms with Gasteiger partial charge in [0.2, 0.25) is 0 Å². The van der Waals surface area contributed by atoms with Gasteiger partial charge in [0.15, 0.2) is 0 Å². The first kappa shape index (κ1) is 22.7. The van der Waals surface area contributed by atoms with E-state index in [0.29, 0.717) is 23.2 Å². The minimum atomic E-state index is -0.688. The molecule has 2 aromatic carbocycles. The number of hydroxylamine groups is 1. The molecular weight excluding hydrogens is 396 g/mol. The number of nitrogens with zero attached hydrogens (tertiary/aromatic N) is 1. The molecule has 2 aromatic rings. The molecule has 7 heteroatoms. The molecule has 1 aliphatic heterocycles. The highest BCUT2D eigenvalue weighted by molar-refractivity contribution is 6.34. The van der Waals surface area contributed by atoms with Gasteiger partial charge in [-0.1, -0.05) is 24.3 Å². The van der Waals surface area contributed by atoms with Crippen molar-refractivity contribution >= 4 is 23.5 Å². The molecule has 1 N–H and O–H groups in total. The number of nitrogens with one attached hydrogen (secondary N) is 1. The highest BCUT2D eigenvalue weighted by Crippen LogP contribution is 2.30. The van der Waals surface area contributed by atoms with E-state index in [1.807, 2.05) is 33.8 Å². The molecule has 0 radical (unpaired) electrons. The molecule has 0 saturated heterocycles. The van der Waals surface area contributed by atoms with E-state index in [2.05, 4.69) is 5.48 Å². The predicted octanol–water partition coefficient (Wildman–Crippen LogP) is 3.59. The SMILES string of the molecule is CCOC(=O)[C@H](Cc1ccc(N2C(=O)c3cccc(C)c3C2=O)cc1)NOC(C)(C)C. The fourth-order valence-corrected chi connectivity index (χ4v) is 3.37. The van der Waals surface area contributed by atoms with Crippen LogP contribution in [0.15, 0.2) is 42.5 Å². The molecule has 0 fully saturated rings. The summed E-state index contributed by atoms with van der Waals surface area (Å²) in [4.78, 5) is 44.7. The second-order valence-corrected chi connectivity index (χ2v) is 8.45. The third-order valence-electron chi connectivity index (χ3n) is 4.84. The number of carbonyl (C=O) groups is 3. The number of ether oxygens (including phenoxy) is 1. The lowest BCUT2D eigenvalue weighted by molar-refractivity contribution is -0.155. The molecule has 7 nitrogen and oxygen atoms in total. The second-order valence-electron chi connectivity index (χ2n) is 8.45. The number of anilines is 1. The van der Waals surface area contributed by atoms with E-state index in [4.69, 9.17) is 9.57 Å². The Hall–Kier alpha value is -3.03. The molecular formula is C24H28N2O5. The summed E-state index contributed by atoms with van der Waals surface area (Å²) in [6, 6.07) is 11.6. The van der Waals surface area contributed by atoms with Crippen molar-refractivity contribution in [1.82, 2.24) is 5.48 Å². The van der Waals surface area contributed by atoms with Gasteiger partial charge in [-0.15, -0.1) is 0 Å². The van der Waals surface area contributed by atoms with Crippen LogP contribution in [0.3, 0.4) is 0 Å². The van der Waals surface area contributed by atoms with Gasteiger partial charge in [0.25, 0.3) is 11.8 Å². The molecule has 1 heterocycles. The van der Waals surface area contributed by atoms with Gasteiger partial charge in [0, 0.05) is 6.42 Å². The zero-order valence-corrected chi connectivity index (χ0v) is 18.5. The number of amides is 2. The zero-order valence-electron chi connectivity index (χ0n) is 18.5. The monoisotopic (exact) mass is 424 g/mol. The summed E-state index contributed by atoms with van der Waals surface area (Å²) in [6.07, 6.45) is 0.330. The van der Waals surface area contributed by atoms with Gasteiger partial charge < -0.3 is 4.74 Å². The summed E-state index contributed by atoms with van der Waals surface area (Å²) in [5.74, 6) is -1.07. The average Bonchev–Trinajstić information content (AvgIpc) is 2.96. The normalized spacial score (nSPS) is 14.5. The van der Waals surface area contributed by atoms with Crippen LogP contribution < -0.4 is 10.4 Å². The Kier molecular flexibility index (Phi) is 6.57. The Labute approximate surface area is 182 Å². The van der Waals surface area contributed by atoms with Crippen molar-refractivity contribution in [3.05, 3.63) is 64.7 Å². The van der Waals surface area contributed by atoms with Gasteiger partial charge in [-0.25, -0.2) is 4.90 Å². The van der Waals surface area contributed by atoms with Gasteiger partial charge in [-0.2, -0.15) is 5.48 Å². The van der Waals surface area contributed by atoms with Gasteiger partial charge in [-0.05, 0) is 63.9 Å². The third-order valence-corrected chi connectivity index (χ3v) is 4.84. The summed E-state index contributed by atoms with van der Waals surface area (Å²) in [5, 5.41) is 0. The van der Waals surface area contributed by atoms with Crippen LogP contribution in [0.1, 0.15) is 59.5 Å². The van der Waals surface area contributed by atoms with Crippen molar-refractivity contribution < 1.29 is 24.0 Å². The third kappa shape index (κ3) is 5.00. The topological polar surface area (TPSA) is 84.9 Å². The first-order valence-corrected chi connectivity index (χ1v) is 10.3. The lowest BCUT2D eigenvalue weighted by atomic mass is 10.0. The van der Waals surface area contributed by atoms with Gasteiger partial charge in [0.1, 0.15) is 6.04 Å². The van der Waals surface area contributed by atoms with E-state index in [9.17, 15) is 14.4 Å². The lowest BCUT2D eigenvalue weighted by Gasteiger charge is -2.24. The van der Waals surface area contributed by atoms with E-state index in [0.717, 1.165) is 11.1 Å². The molecule has 2 amide bonds. The minimum Gasteiger partial charge on any atom is -0.465 e. The van der Waals surface area contributed by atoms with Crippen molar-refractivity contribution in [3.63, 3.8) is 0 Å². The predicted molar refractivity (Wildman–Crippen MR) is 117 cm³/mol. The van der Waals surface area contributed by atoms with Gasteiger partial charge in [0.05, 0.1) is 29.0 Å². The van der Waals surface area contributed by atoms with Gasteiger partial charge >= 0.3 is 5.97 Å². The molecule has 31 heavy (non-hydrogen) atoms. The number of hydrogen-bond acceptors (Lipinski definition) is 6. The molecule has 0 aromatic heterocycles. The van der Waals surface area contributed by atoms with Crippen molar-refractivity contribution in [1.29, 1.82) is 0 Å². The van der Waals surface area contributed by atoms with Crippen LogP contribution in [0.4, 0.5) is 5.69 Å². The largest absolute Gasteiger partial charge is 0.465 e. The minimum absolute atomic E-state index is 0.268. The molecule has 3 rings (SSSR count). The maximum absolute atomic E-state index is 12.8. The number of aryl methyl sites for hydroxylation is 1. The van der Waals surface area contributed by atoms with Crippen LogP contribution >= 0.6 is 0 Å². The summed E-state index contributed by atoms with van der Waals surface area (Å²) in [5.41, 5.74) is 5.29. The average molecular weight is 424 g/mol. The van der Waals surface area contributed by atoms with Gasteiger partial charge in [-0.3, -0.25) is 19.2 Å². The quantitative estimate of drug-likeness (QED) is 0.415. The Morgan fingerprint density at radius 1 is 1.06 bits per heavy atom. The lowest BCUT2D eigenvalue weighted by Crippen LogP contribution is -2.43. The maximum atomic E-state index is 12.8. The van der Waals surface area contributed by atoms with Crippen LogP contribution in [0.25, 0.3) is 0 Å². The van der Waals surface area contributed by atoms with E-state index < -0.39 is 17.6 Å². The van der Waals surface area contributed by atoms with Crippen LogP contribution in [-0.4, -0.2) is 36.0 Å². The Balaban J connectivity index is 1.77. The number of fused-ring (bicyclic) bond motifs is 1. The molecule has 0 unspecified atom stereocenters. The molecule has 0 aliphatic carbocycles. The summed E-state index contributed by atoms with van der Waals surface area (Å²) in [7, 11) is 0. The Morgan fingerprint density at radius 2 is 1.74 bits per heavy atom.